The third-order valence-electron chi connectivity index (χ3n) is 4.18. The molecule has 3 rings (SSSR count). The van der Waals surface area contributed by atoms with E-state index in [4.69, 9.17) is 20.5 Å². The largest absolute Gasteiger partial charge is 0.464 e. The number of imidazole rings is 1. The molecule has 0 amide bonds. The van der Waals surface area contributed by atoms with E-state index in [9.17, 15) is 19.1 Å². The van der Waals surface area contributed by atoms with Crippen molar-refractivity contribution >= 4 is 30.5 Å². The lowest BCUT2D eigenvalue weighted by Gasteiger charge is -2.20. The van der Waals surface area contributed by atoms with Crippen molar-refractivity contribution in [3.8, 4) is 6.07 Å². The Morgan fingerprint density at radius 3 is 2.93 bits per heavy atom. The summed E-state index contributed by atoms with van der Waals surface area (Å²) in [5.41, 5.74) is 6.45. The number of aromatic nitrogens is 4. The molecule has 156 valence electrons. The molecule has 13 nitrogen and oxygen atoms in total. The standard InChI is InChI=1S/C15H19N6O7P/c1-2-26-14(22)15(29(23,24)25)27-6-8-3-4-10(28-8)21-7-18-11-12(17)19-9(5-16)20-13(11)21/h7-8,10,15H,2-4,6H2,1H3,(H2,17,19,20)(H2,23,24,25)/t8-,10+,15?/m0/s1. The first-order valence-electron chi connectivity index (χ1n) is 8.63. The molecule has 0 bridgehead atoms. The molecule has 2 aromatic rings. The summed E-state index contributed by atoms with van der Waals surface area (Å²) in [6.45, 7) is 1.26. The number of hydrogen-bond donors (Lipinski definition) is 3. The van der Waals surface area contributed by atoms with Crippen molar-refractivity contribution in [3.05, 3.63) is 12.2 Å². The molecule has 0 saturated carbocycles. The molecule has 1 unspecified atom stereocenters. The molecule has 14 heteroatoms. The van der Waals surface area contributed by atoms with Crippen molar-refractivity contribution in [1.29, 1.82) is 5.26 Å². The number of nitriles is 1. The van der Waals surface area contributed by atoms with Gasteiger partial charge in [-0.2, -0.15) is 15.2 Å². The first kappa shape index (κ1) is 21.1. The summed E-state index contributed by atoms with van der Waals surface area (Å²) < 4.78 is 28.7. The van der Waals surface area contributed by atoms with Gasteiger partial charge < -0.3 is 29.7 Å². The van der Waals surface area contributed by atoms with Gasteiger partial charge in [0.15, 0.2) is 11.5 Å². The Hall–Kier alpha value is -2.62. The maximum absolute atomic E-state index is 11.7. The van der Waals surface area contributed by atoms with Crippen LogP contribution < -0.4 is 5.73 Å². The molecule has 3 heterocycles. The predicted octanol–water partition coefficient (Wildman–Crippen LogP) is 0.0413. The summed E-state index contributed by atoms with van der Waals surface area (Å²) in [6.07, 6.45) is 1.43. The average molecular weight is 426 g/mol. The van der Waals surface area contributed by atoms with Crippen LogP contribution in [0.4, 0.5) is 5.82 Å². The number of nitrogen functional groups attached to an aromatic ring is 1. The highest BCUT2D eigenvalue weighted by Gasteiger charge is 2.39. The summed E-state index contributed by atoms with van der Waals surface area (Å²) in [7, 11) is -4.86. The van der Waals surface area contributed by atoms with E-state index in [0.717, 1.165) is 0 Å². The van der Waals surface area contributed by atoms with Gasteiger partial charge in [-0.3, -0.25) is 9.13 Å². The lowest BCUT2D eigenvalue weighted by Crippen LogP contribution is -2.30. The van der Waals surface area contributed by atoms with Crippen molar-refractivity contribution in [2.75, 3.05) is 18.9 Å². The summed E-state index contributed by atoms with van der Waals surface area (Å²) in [5.74, 6) is -3.17. The first-order chi connectivity index (χ1) is 13.7. The first-order valence-corrected chi connectivity index (χ1v) is 10.3. The summed E-state index contributed by atoms with van der Waals surface area (Å²) >= 11 is 0. The zero-order valence-corrected chi connectivity index (χ0v) is 16.2. The van der Waals surface area contributed by atoms with Crippen LogP contribution in [-0.4, -0.2) is 60.4 Å². The van der Waals surface area contributed by atoms with Crippen LogP contribution in [0.3, 0.4) is 0 Å². The van der Waals surface area contributed by atoms with Crippen molar-refractivity contribution in [1.82, 2.24) is 19.5 Å². The number of ether oxygens (including phenoxy) is 3. The number of hydrogen-bond acceptors (Lipinski definition) is 10. The summed E-state index contributed by atoms with van der Waals surface area (Å²) in [4.78, 5) is 42.5. The second-order valence-electron chi connectivity index (χ2n) is 6.19. The van der Waals surface area contributed by atoms with Crippen molar-refractivity contribution in [2.24, 2.45) is 0 Å². The molecule has 4 N–H and O–H groups in total. The van der Waals surface area contributed by atoms with Crippen LogP contribution in [-0.2, 0) is 23.6 Å². The van der Waals surface area contributed by atoms with Gasteiger partial charge in [-0.25, -0.2) is 9.78 Å². The number of nitrogens with zero attached hydrogens (tertiary/aromatic N) is 5. The molecular weight excluding hydrogens is 407 g/mol. The van der Waals surface area contributed by atoms with Crippen LogP contribution in [0.25, 0.3) is 11.2 Å². The van der Waals surface area contributed by atoms with Crippen LogP contribution in [0, 0.1) is 11.3 Å². The predicted molar refractivity (Wildman–Crippen MR) is 96.0 cm³/mol. The fourth-order valence-corrected chi connectivity index (χ4v) is 3.56. The van der Waals surface area contributed by atoms with E-state index in [0.29, 0.717) is 24.0 Å². The zero-order chi connectivity index (χ0) is 21.2. The molecule has 0 spiro atoms. The lowest BCUT2D eigenvalue weighted by molar-refractivity contribution is -0.154. The van der Waals surface area contributed by atoms with Crippen LogP contribution in [0.5, 0.6) is 0 Å². The topological polar surface area (TPSA) is 196 Å². The summed E-state index contributed by atoms with van der Waals surface area (Å²) in [6, 6.07) is 1.82. The Balaban J connectivity index is 1.70. The molecule has 1 aliphatic heterocycles. The zero-order valence-electron chi connectivity index (χ0n) is 15.3. The highest BCUT2D eigenvalue weighted by Crippen LogP contribution is 2.43. The Kier molecular flexibility index (Phi) is 6.11. The van der Waals surface area contributed by atoms with Crippen molar-refractivity contribution in [3.63, 3.8) is 0 Å². The second kappa shape index (κ2) is 8.40. The third kappa shape index (κ3) is 4.52. The van der Waals surface area contributed by atoms with Gasteiger partial charge in [0.1, 0.15) is 17.8 Å². The van der Waals surface area contributed by atoms with E-state index in [1.165, 1.54) is 13.3 Å². The van der Waals surface area contributed by atoms with Crippen LogP contribution in [0.15, 0.2) is 6.33 Å². The quantitative estimate of drug-likeness (QED) is 0.398. The van der Waals surface area contributed by atoms with Gasteiger partial charge in [0.05, 0.1) is 25.6 Å². The van der Waals surface area contributed by atoms with E-state index in [1.54, 1.807) is 4.57 Å². The van der Waals surface area contributed by atoms with E-state index in [-0.39, 0.29) is 24.9 Å². The minimum atomic E-state index is -4.86. The Labute approximate surface area is 164 Å². The van der Waals surface area contributed by atoms with Crippen molar-refractivity contribution < 1.29 is 33.4 Å². The molecule has 1 saturated heterocycles. The second-order valence-corrected chi connectivity index (χ2v) is 7.83. The highest BCUT2D eigenvalue weighted by molar-refractivity contribution is 7.53. The molecule has 2 aromatic heterocycles. The minimum Gasteiger partial charge on any atom is -0.464 e. The smallest absolute Gasteiger partial charge is 0.365 e. The van der Waals surface area contributed by atoms with Crippen LogP contribution >= 0.6 is 7.60 Å². The number of rotatable bonds is 7. The maximum Gasteiger partial charge on any atom is 0.365 e. The number of carbonyl (C=O) groups excluding carboxylic acids is 1. The van der Waals surface area contributed by atoms with Gasteiger partial charge >= 0.3 is 13.6 Å². The van der Waals surface area contributed by atoms with E-state index in [2.05, 4.69) is 19.7 Å². The van der Waals surface area contributed by atoms with Crippen LogP contribution in [0.2, 0.25) is 0 Å². The van der Waals surface area contributed by atoms with Crippen molar-refractivity contribution in [2.45, 2.75) is 37.9 Å². The minimum absolute atomic E-state index is 0.0376. The highest BCUT2D eigenvalue weighted by atomic mass is 31.2. The van der Waals surface area contributed by atoms with Gasteiger partial charge in [-0.15, -0.1) is 0 Å². The van der Waals surface area contributed by atoms with Gasteiger partial charge in [0.25, 0.3) is 5.85 Å². The molecule has 0 aromatic carbocycles. The fourth-order valence-electron chi connectivity index (χ4n) is 2.93. The number of anilines is 1. The lowest BCUT2D eigenvalue weighted by atomic mass is 10.2. The molecule has 0 aliphatic carbocycles. The Morgan fingerprint density at radius 2 is 2.28 bits per heavy atom. The van der Waals surface area contributed by atoms with Gasteiger partial charge in [0, 0.05) is 0 Å². The normalized spacial score (nSPS) is 20.5. The van der Waals surface area contributed by atoms with Crippen LogP contribution in [0.1, 0.15) is 31.8 Å². The van der Waals surface area contributed by atoms with E-state index < -0.39 is 31.7 Å². The van der Waals surface area contributed by atoms with Gasteiger partial charge in [0.2, 0.25) is 5.82 Å². The van der Waals surface area contributed by atoms with Gasteiger partial charge in [-0.05, 0) is 19.8 Å². The SMILES string of the molecule is CCOC(=O)C(OC[C@@H]1CC[C@H](n2cnc3c(N)nc(C#N)nc32)O1)P(=O)(O)O. The van der Waals surface area contributed by atoms with E-state index >= 15 is 0 Å². The number of fused-ring (bicyclic) bond motifs is 1. The maximum atomic E-state index is 11.7. The molecule has 3 atom stereocenters. The molecule has 1 fully saturated rings. The number of carbonyl (C=O) groups is 1. The Morgan fingerprint density at radius 1 is 1.52 bits per heavy atom. The molecular formula is C15H19N6O7P. The average Bonchev–Trinajstić information content (AvgIpc) is 3.27. The Bertz CT molecular complexity index is 999. The molecule has 1 aliphatic rings. The monoisotopic (exact) mass is 426 g/mol. The van der Waals surface area contributed by atoms with E-state index in [1.807, 2.05) is 6.07 Å². The molecule has 29 heavy (non-hydrogen) atoms. The number of esters is 1. The van der Waals surface area contributed by atoms with Gasteiger partial charge in [-0.1, -0.05) is 0 Å². The summed E-state index contributed by atoms with van der Waals surface area (Å²) in [5, 5.41) is 9.02. The number of nitrogens with two attached hydrogens (primary N) is 1. The molecule has 0 radical (unpaired) electrons. The fraction of sp³-hybridized carbons (Fsp3) is 0.533. The third-order valence-corrected chi connectivity index (χ3v) is 5.15.